The summed E-state index contributed by atoms with van der Waals surface area (Å²) in [6.45, 7) is 4.77. The Balaban J connectivity index is 1.55. The van der Waals surface area contributed by atoms with Crippen LogP contribution in [0, 0.1) is 11.6 Å². The zero-order valence-electron chi connectivity index (χ0n) is 12.1. The van der Waals surface area contributed by atoms with Gasteiger partial charge in [0, 0.05) is 19.1 Å². The molecule has 2 heterocycles. The first-order valence-corrected chi connectivity index (χ1v) is 7.73. The molecular weight excluding hydrogens is 274 g/mol. The molecule has 0 aliphatic carbocycles. The first-order chi connectivity index (χ1) is 10.1. The Bertz CT molecular complexity index is 491. The van der Waals surface area contributed by atoms with Crippen molar-refractivity contribution >= 4 is 0 Å². The number of hydrogen-bond acceptors (Lipinski definition) is 3. The minimum atomic E-state index is -0.900. The summed E-state index contributed by atoms with van der Waals surface area (Å²) in [5.74, 6) is -1.77. The summed E-state index contributed by atoms with van der Waals surface area (Å²) < 4.78 is 26.1. The van der Waals surface area contributed by atoms with Gasteiger partial charge in [0.15, 0.2) is 11.6 Å². The Kier molecular flexibility index (Phi) is 4.52. The number of aliphatic hydroxyl groups excluding tert-OH is 1. The first-order valence-electron chi connectivity index (χ1n) is 7.73. The lowest BCUT2D eigenvalue weighted by Crippen LogP contribution is -2.36. The molecule has 21 heavy (non-hydrogen) atoms. The number of aliphatic hydroxyl groups is 1. The Hall–Kier alpha value is -1.04. The monoisotopic (exact) mass is 296 g/mol. The van der Waals surface area contributed by atoms with Crippen LogP contribution in [-0.4, -0.2) is 53.7 Å². The van der Waals surface area contributed by atoms with Crippen molar-refractivity contribution in [1.29, 1.82) is 0 Å². The second kappa shape index (κ2) is 6.38. The average molecular weight is 296 g/mol. The van der Waals surface area contributed by atoms with E-state index in [2.05, 4.69) is 9.80 Å². The molecule has 1 N–H and O–H groups in total. The zero-order chi connectivity index (χ0) is 14.8. The van der Waals surface area contributed by atoms with E-state index in [1.807, 2.05) is 0 Å². The molecule has 2 atom stereocenters. The van der Waals surface area contributed by atoms with Crippen LogP contribution in [0.3, 0.4) is 0 Å². The molecule has 116 valence electrons. The second-order valence-corrected chi connectivity index (χ2v) is 6.13. The average Bonchev–Trinajstić information content (AvgIpc) is 3.12. The summed E-state index contributed by atoms with van der Waals surface area (Å²) >= 11 is 0. The zero-order valence-corrected chi connectivity index (χ0v) is 12.1. The molecule has 5 heteroatoms. The van der Waals surface area contributed by atoms with E-state index in [0.29, 0.717) is 18.2 Å². The lowest BCUT2D eigenvalue weighted by Gasteiger charge is -2.24. The molecule has 2 unspecified atom stereocenters. The predicted octanol–water partition coefficient (Wildman–Crippen LogP) is 2.17. The molecule has 0 radical (unpaired) electrons. The highest BCUT2D eigenvalue weighted by Crippen LogP contribution is 2.23. The van der Waals surface area contributed by atoms with Crippen LogP contribution in [0.15, 0.2) is 18.2 Å². The quantitative estimate of drug-likeness (QED) is 0.922. The number of nitrogens with zero attached hydrogens (tertiary/aromatic N) is 2. The fourth-order valence-corrected chi connectivity index (χ4v) is 3.45. The van der Waals surface area contributed by atoms with Crippen LogP contribution in [0.1, 0.15) is 30.9 Å². The standard InChI is InChI=1S/C16H22F2N2O/c17-14-4-3-12(9-15(14)18)16(21)11-19-8-5-13(10-19)20-6-1-2-7-20/h3-4,9,13,16,21H,1-2,5-8,10-11H2. The van der Waals surface area contributed by atoms with Gasteiger partial charge >= 0.3 is 0 Å². The summed E-state index contributed by atoms with van der Waals surface area (Å²) in [6, 6.07) is 4.21. The number of likely N-dealkylation sites (tertiary alicyclic amines) is 2. The van der Waals surface area contributed by atoms with Gasteiger partial charge in [-0.25, -0.2) is 8.78 Å². The molecule has 2 fully saturated rings. The maximum Gasteiger partial charge on any atom is 0.159 e. The van der Waals surface area contributed by atoms with E-state index in [0.717, 1.165) is 31.6 Å². The lowest BCUT2D eigenvalue weighted by molar-refractivity contribution is 0.120. The SMILES string of the molecule is OC(CN1CCC(N2CCCC2)C1)c1ccc(F)c(F)c1. The van der Waals surface area contributed by atoms with Gasteiger partial charge in [-0.1, -0.05) is 6.07 Å². The molecule has 0 spiro atoms. The molecular formula is C16H22F2N2O. The Labute approximate surface area is 124 Å². The van der Waals surface area contributed by atoms with Crippen molar-refractivity contribution in [2.75, 3.05) is 32.7 Å². The predicted molar refractivity (Wildman–Crippen MR) is 77.0 cm³/mol. The van der Waals surface area contributed by atoms with Crippen molar-refractivity contribution in [3.8, 4) is 0 Å². The van der Waals surface area contributed by atoms with Crippen molar-refractivity contribution in [2.24, 2.45) is 0 Å². The van der Waals surface area contributed by atoms with Gasteiger partial charge in [0.05, 0.1) is 6.10 Å². The summed E-state index contributed by atoms with van der Waals surface area (Å²) in [7, 11) is 0. The van der Waals surface area contributed by atoms with Crippen molar-refractivity contribution < 1.29 is 13.9 Å². The van der Waals surface area contributed by atoms with E-state index < -0.39 is 17.7 Å². The fourth-order valence-electron chi connectivity index (χ4n) is 3.45. The van der Waals surface area contributed by atoms with E-state index >= 15 is 0 Å². The second-order valence-electron chi connectivity index (χ2n) is 6.13. The lowest BCUT2D eigenvalue weighted by atomic mass is 10.1. The van der Waals surface area contributed by atoms with Crippen LogP contribution in [-0.2, 0) is 0 Å². The van der Waals surface area contributed by atoms with Gasteiger partial charge in [-0.05, 0) is 56.6 Å². The molecule has 1 aromatic carbocycles. The summed E-state index contributed by atoms with van der Waals surface area (Å²) in [5.41, 5.74) is 0.443. The maximum absolute atomic E-state index is 13.2. The molecule has 3 nitrogen and oxygen atoms in total. The number of hydrogen-bond donors (Lipinski definition) is 1. The van der Waals surface area contributed by atoms with Crippen LogP contribution in [0.2, 0.25) is 0 Å². The minimum Gasteiger partial charge on any atom is -0.387 e. The van der Waals surface area contributed by atoms with Crippen LogP contribution >= 0.6 is 0 Å². The van der Waals surface area contributed by atoms with Crippen LogP contribution in [0.5, 0.6) is 0 Å². The van der Waals surface area contributed by atoms with Crippen LogP contribution in [0.4, 0.5) is 8.78 Å². The summed E-state index contributed by atoms with van der Waals surface area (Å²) in [4.78, 5) is 4.75. The maximum atomic E-state index is 13.2. The van der Waals surface area contributed by atoms with Crippen molar-refractivity contribution in [1.82, 2.24) is 9.80 Å². The molecule has 2 aliphatic rings. The molecule has 0 saturated carbocycles. The van der Waals surface area contributed by atoms with E-state index in [4.69, 9.17) is 0 Å². The first kappa shape index (κ1) is 14.9. The number of halogens is 2. The van der Waals surface area contributed by atoms with Gasteiger partial charge in [-0.15, -0.1) is 0 Å². The van der Waals surface area contributed by atoms with Crippen molar-refractivity contribution in [3.05, 3.63) is 35.4 Å². The highest BCUT2D eigenvalue weighted by atomic mass is 19.2. The number of β-amino-alcohol motifs (C(OH)–C–C–N with tert-alkyl or cyclic N) is 1. The molecule has 2 saturated heterocycles. The van der Waals surface area contributed by atoms with E-state index in [1.54, 1.807) is 0 Å². The highest BCUT2D eigenvalue weighted by molar-refractivity contribution is 5.20. The van der Waals surface area contributed by atoms with Crippen molar-refractivity contribution in [3.63, 3.8) is 0 Å². The van der Waals surface area contributed by atoms with Gasteiger partial charge in [0.25, 0.3) is 0 Å². The van der Waals surface area contributed by atoms with E-state index in [1.165, 1.54) is 32.0 Å². The van der Waals surface area contributed by atoms with E-state index in [9.17, 15) is 13.9 Å². The Morgan fingerprint density at radius 2 is 1.90 bits per heavy atom. The molecule has 0 aromatic heterocycles. The smallest absolute Gasteiger partial charge is 0.159 e. The van der Waals surface area contributed by atoms with Gasteiger partial charge in [-0.2, -0.15) is 0 Å². The van der Waals surface area contributed by atoms with Crippen LogP contribution in [0.25, 0.3) is 0 Å². The summed E-state index contributed by atoms with van der Waals surface area (Å²) in [6.07, 6.45) is 2.93. The Morgan fingerprint density at radius 1 is 1.14 bits per heavy atom. The van der Waals surface area contributed by atoms with Gasteiger partial charge in [0.1, 0.15) is 0 Å². The Morgan fingerprint density at radius 3 is 2.62 bits per heavy atom. The molecule has 0 bridgehead atoms. The molecule has 2 aliphatic heterocycles. The number of benzene rings is 1. The normalized spacial score (nSPS) is 25.6. The molecule has 0 amide bonds. The third-order valence-electron chi connectivity index (χ3n) is 4.66. The number of rotatable bonds is 4. The highest BCUT2D eigenvalue weighted by Gasteiger charge is 2.30. The van der Waals surface area contributed by atoms with Gasteiger partial charge in [-0.3, -0.25) is 9.80 Å². The van der Waals surface area contributed by atoms with Gasteiger partial charge < -0.3 is 5.11 Å². The van der Waals surface area contributed by atoms with Crippen molar-refractivity contribution in [2.45, 2.75) is 31.4 Å². The third kappa shape index (κ3) is 3.42. The van der Waals surface area contributed by atoms with E-state index in [-0.39, 0.29) is 0 Å². The van der Waals surface area contributed by atoms with Gasteiger partial charge in [0.2, 0.25) is 0 Å². The third-order valence-corrected chi connectivity index (χ3v) is 4.66. The van der Waals surface area contributed by atoms with Crippen LogP contribution < -0.4 is 0 Å². The molecule has 3 rings (SSSR count). The molecule has 1 aromatic rings. The topological polar surface area (TPSA) is 26.7 Å². The largest absolute Gasteiger partial charge is 0.387 e. The fraction of sp³-hybridized carbons (Fsp3) is 0.625. The summed E-state index contributed by atoms with van der Waals surface area (Å²) in [5, 5.41) is 10.2. The minimum absolute atomic E-state index is 0.443.